The van der Waals surface area contributed by atoms with Gasteiger partial charge < -0.3 is 9.13 Å². The monoisotopic (exact) mass is 715 g/mol. The van der Waals surface area contributed by atoms with Crippen LogP contribution in [0.2, 0.25) is 0 Å². The molecule has 11 aromatic rings. The van der Waals surface area contributed by atoms with Gasteiger partial charge in [-0.05, 0) is 124 Å². The minimum absolute atomic E-state index is 0.949. The Balaban J connectivity index is 0.999. The molecule has 0 atom stereocenters. The van der Waals surface area contributed by atoms with Gasteiger partial charge in [-0.15, -0.1) is 0 Å². The fourth-order valence-electron chi connectivity index (χ4n) is 8.26. The lowest BCUT2D eigenvalue weighted by Crippen LogP contribution is -1.95. The van der Waals surface area contributed by atoms with Crippen LogP contribution in [0.4, 0.5) is 0 Å². The molecule has 5 heteroatoms. The predicted octanol–water partition coefficient (Wildman–Crippen LogP) is 12.7. The molecule has 0 amide bonds. The quantitative estimate of drug-likeness (QED) is 0.172. The smallest absolute Gasteiger partial charge is 0.0963 e. The molecule has 56 heavy (non-hydrogen) atoms. The summed E-state index contributed by atoms with van der Waals surface area (Å²) in [6.45, 7) is 0. The van der Waals surface area contributed by atoms with Gasteiger partial charge in [-0.1, -0.05) is 91.0 Å². The van der Waals surface area contributed by atoms with Crippen LogP contribution in [-0.2, 0) is 0 Å². The number of hydrogen-bond donors (Lipinski definition) is 0. The van der Waals surface area contributed by atoms with Gasteiger partial charge in [0.25, 0.3) is 0 Å². The molecule has 0 radical (unpaired) electrons. The molecule has 0 N–H and O–H groups in total. The molecule has 0 aliphatic heterocycles. The third-order valence-corrected chi connectivity index (χ3v) is 10.8. The van der Waals surface area contributed by atoms with Crippen LogP contribution in [0.3, 0.4) is 0 Å². The van der Waals surface area contributed by atoms with Crippen LogP contribution >= 0.6 is 0 Å². The van der Waals surface area contributed by atoms with E-state index in [9.17, 15) is 0 Å². The van der Waals surface area contributed by atoms with Crippen molar-refractivity contribution in [2.45, 2.75) is 0 Å². The lowest BCUT2D eigenvalue weighted by molar-refractivity contribution is 1.17. The zero-order valence-corrected chi connectivity index (χ0v) is 30.3. The van der Waals surface area contributed by atoms with Gasteiger partial charge in [0.15, 0.2) is 0 Å². The van der Waals surface area contributed by atoms with Gasteiger partial charge in [0.1, 0.15) is 0 Å². The molecule has 5 heterocycles. The summed E-state index contributed by atoms with van der Waals surface area (Å²) in [7, 11) is 0. The summed E-state index contributed by atoms with van der Waals surface area (Å²) in [5, 5.41) is 2.24. The van der Waals surface area contributed by atoms with Crippen molar-refractivity contribution in [2.75, 3.05) is 0 Å². The van der Waals surface area contributed by atoms with Gasteiger partial charge in [-0.2, -0.15) is 0 Å². The van der Waals surface area contributed by atoms with Crippen LogP contribution in [0.15, 0.2) is 201 Å². The standard InChI is InChI=1S/C51H33N5/c1-2-11-34(12-3-1)37-15-7-17-41(30-37)55-46-24-22-38(32-43(46)50-48(55)20-9-27-53-50)35-13-6-14-36(29-35)39-23-25-47-44(33-39)51-49(21-10-28-54-51)56(47)42-18-8-16-40(31-42)45-19-4-5-26-52-45/h1-33H. The van der Waals surface area contributed by atoms with Gasteiger partial charge in [0.05, 0.1) is 38.8 Å². The van der Waals surface area contributed by atoms with Gasteiger partial charge in [0.2, 0.25) is 0 Å². The number of aromatic nitrogens is 5. The molecule has 0 saturated heterocycles. The number of hydrogen-bond acceptors (Lipinski definition) is 3. The van der Waals surface area contributed by atoms with Crippen molar-refractivity contribution < 1.29 is 0 Å². The Labute approximate surface area is 323 Å². The number of benzene rings is 6. The first-order valence-corrected chi connectivity index (χ1v) is 18.8. The first kappa shape index (κ1) is 31.9. The normalized spacial score (nSPS) is 11.6. The van der Waals surface area contributed by atoms with Gasteiger partial charge >= 0.3 is 0 Å². The molecular formula is C51H33N5. The average molecular weight is 716 g/mol. The molecule has 0 fully saturated rings. The largest absolute Gasteiger partial charge is 0.308 e. The first-order chi connectivity index (χ1) is 27.8. The van der Waals surface area contributed by atoms with E-state index in [1.165, 1.54) is 11.1 Å². The van der Waals surface area contributed by atoms with Gasteiger partial charge in [-0.25, -0.2) is 0 Å². The van der Waals surface area contributed by atoms with Crippen molar-refractivity contribution in [1.82, 2.24) is 24.1 Å². The van der Waals surface area contributed by atoms with Crippen molar-refractivity contribution in [2.24, 2.45) is 0 Å². The maximum Gasteiger partial charge on any atom is 0.0963 e. The summed E-state index contributed by atoms with van der Waals surface area (Å²) in [4.78, 5) is 14.4. The fourth-order valence-corrected chi connectivity index (χ4v) is 8.26. The summed E-state index contributed by atoms with van der Waals surface area (Å²) >= 11 is 0. The van der Waals surface area contributed by atoms with E-state index in [1.54, 1.807) is 0 Å². The third-order valence-electron chi connectivity index (χ3n) is 10.8. The maximum atomic E-state index is 4.90. The lowest BCUT2D eigenvalue weighted by Gasteiger charge is -2.11. The number of fused-ring (bicyclic) bond motifs is 6. The maximum absolute atomic E-state index is 4.90. The lowest BCUT2D eigenvalue weighted by atomic mass is 9.97. The van der Waals surface area contributed by atoms with Crippen LogP contribution in [0.5, 0.6) is 0 Å². The van der Waals surface area contributed by atoms with Crippen molar-refractivity contribution in [3.05, 3.63) is 201 Å². The Morgan fingerprint density at radius 3 is 1.36 bits per heavy atom. The zero-order valence-electron chi connectivity index (χ0n) is 30.3. The minimum Gasteiger partial charge on any atom is -0.308 e. The Morgan fingerprint density at radius 2 is 0.768 bits per heavy atom. The number of nitrogens with zero attached hydrogens (tertiary/aromatic N) is 5. The molecule has 0 unspecified atom stereocenters. The van der Waals surface area contributed by atoms with E-state index in [0.29, 0.717) is 0 Å². The Kier molecular flexibility index (Phi) is 7.42. The zero-order chi connectivity index (χ0) is 37.0. The Morgan fingerprint density at radius 1 is 0.286 bits per heavy atom. The second-order valence-electron chi connectivity index (χ2n) is 14.1. The SMILES string of the molecule is c1ccc(-c2cccc(-n3c4ccc(-c5cccc(-c6ccc7c(c6)c6ncccc6n7-c6cccc(-c7ccccn7)c6)c5)cc4c4ncccc43)c2)cc1. The molecule has 6 aromatic carbocycles. The van der Waals surface area contributed by atoms with Crippen LogP contribution in [0, 0.1) is 0 Å². The second kappa shape index (κ2) is 13.0. The molecular weight excluding hydrogens is 683 g/mol. The van der Waals surface area contributed by atoms with Crippen LogP contribution in [0.1, 0.15) is 0 Å². The van der Waals surface area contributed by atoms with Crippen molar-refractivity contribution in [3.63, 3.8) is 0 Å². The molecule has 11 rings (SSSR count). The molecule has 0 spiro atoms. The van der Waals surface area contributed by atoms with E-state index in [1.807, 2.05) is 48.9 Å². The molecule has 0 aliphatic carbocycles. The highest BCUT2D eigenvalue weighted by Gasteiger charge is 2.17. The Hall–Kier alpha value is -7.63. The molecule has 0 aliphatic rings. The van der Waals surface area contributed by atoms with E-state index >= 15 is 0 Å². The summed E-state index contributed by atoms with van der Waals surface area (Å²) in [6, 6.07) is 64.6. The molecule has 0 saturated carbocycles. The Bertz CT molecular complexity index is 3030. The van der Waals surface area contributed by atoms with Gasteiger partial charge in [-0.3, -0.25) is 15.0 Å². The van der Waals surface area contributed by atoms with Crippen molar-refractivity contribution in [3.8, 4) is 56.0 Å². The first-order valence-electron chi connectivity index (χ1n) is 18.8. The fraction of sp³-hybridized carbons (Fsp3) is 0. The average Bonchev–Trinajstić information content (AvgIpc) is 3.79. The van der Waals surface area contributed by atoms with Crippen LogP contribution in [-0.4, -0.2) is 24.1 Å². The number of pyridine rings is 3. The van der Waals surface area contributed by atoms with Crippen LogP contribution < -0.4 is 0 Å². The van der Waals surface area contributed by atoms with Gasteiger partial charge in [0, 0.05) is 46.3 Å². The third kappa shape index (κ3) is 5.29. The summed E-state index contributed by atoms with van der Waals surface area (Å²) in [6.07, 6.45) is 5.61. The highest BCUT2D eigenvalue weighted by atomic mass is 15.0. The molecule has 0 bridgehead atoms. The highest BCUT2D eigenvalue weighted by molar-refractivity contribution is 6.10. The van der Waals surface area contributed by atoms with Crippen molar-refractivity contribution >= 4 is 43.9 Å². The van der Waals surface area contributed by atoms with Crippen molar-refractivity contribution in [1.29, 1.82) is 0 Å². The van der Waals surface area contributed by atoms with E-state index in [2.05, 4.69) is 166 Å². The molecule has 5 aromatic heterocycles. The minimum atomic E-state index is 0.949. The predicted molar refractivity (Wildman–Crippen MR) is 230 cm³/mol. The number of rotatable bonds is 6. The van der Waals surface area contributed by atoms with E-state index in [-0.39, 0.29) is 0 Å². The highest BCUT2D eigenvalue weighted by Crippen LogP contribution is 2.38. The van der Waals surface area contributed by atoms with E-state index in [0.717, 1.165) is 88.8 Å². The summed E-state index contributed by atoms with van der Waals surface area (Å²) in [5.74, 6) is 0. The van der Waals surface area contributed by atoms with E-state index < -0.39 is 0 Å². The molecule has 5 nitrogen and oxygen atoms in total. The second-order valence-corrected chi connectivity index (χ2v) is 14.1. The topological polar surface area (TPSA) is 48.5 Å². The van der Waals surface area contributed by atoms with Crippen LogP contribution in [0.25, 0.3) is 99.9 Å². The van der Waals surface area contributed by atoms with E-state index in [4.69, 9.17) is 9.97 Å². The molecule has 262 valence electrons. The summed E-state index contributed by atoms with van der Waals surface area (Å²) < 4.78 is 4.64. The summed E-state index contributed by atoms with van der Waals surface area (Å²) in [5.41, 5.74) is 17.6.